The number of rotatable bonds is 8. The summed E-state index contributed by atoms with van der Waals surface area (Å²) in [4.78, 5) is 12.1. The first-order valence-electron chi connectivity index (χ1n) is 8.61. The molecule has 29 heavy (non-hydrogen) atoms. The lowest BCUT2D eigenvalue weighted by Crippen LogP contribution is -2.08. The molecular formula is C21H18ClFN2O4. The molecular weight excluding hydrogens is 399 g/mol. The summed E-state index contributed by atoms with van der Waals surface area (Å²) in [6.45, 7) is -0.918. The highest BCUT2D eigenvalue weighted by molar-refractivity contribution is 6.30. The van der Waals surface area contributed by atoms with Crippen LogP contribution in [-0.2, 0) is 20.9 Å². The SMILES string of the molecule is COC(=O)/C(=C/OCF)c1ccccc1COc1ccn(-c2ccc(Cl)cc2)n1. The molecule has 0 spiro atoms. The number of methoxy groups -OCH3 is 1. The van der Waals surface area contributed by atoms with Crippen LogP contribution in [0.5, 0.6) is 5.88 Å². The number of hydrogen-bond acceptors (Lipinski definition) is 5. The van der Waals surface area contributed by atoms with Crippen molar-refractivity contribution in [3.05, 3.63) is 83.2 Å². The first-order chi connectivity index (χ1) is 14.1. The number of halogens is 2. The van der Waals surface area contributed by atoms with E-state index in [0.29, 0.717) is 22.0 Å². The van der Waals surface area contributed by atoms with Gasteiger partial charge in [-0.05, 0) is 35.4 Å². The van der Waals surface area contributed by atoms with Crippen molar-refractivity contribution in [1.82, 2.24) is 9.78 Å². The second-order valence-electron chi connectivity index (χ2n) is 5.82. The van der Waals surface area contributed by atoms with Gasteiger partial charge in [0.1, 0.15) is 18.4 Å². The van der Waals surface area contributed by atoms with Crippen molar-refractivity contribution in [2.45, 2.75) is 6.61 Å². The fourth-order valence-corrected chi connectivity index (χ4v) is 2.75. The molecule has 150 valence electrons. The van der Waals surface area contributed by atoms with Crippen molar-refractivity contribution in [2.24, 2.45) is 0 Å². The van der Waals surface area contributed by atoms with Crippen molar-refractivity contribution in [1.29, 1.82) is 0 Å². The average Bonchev–Trinajstić information content (AvgIpc) is 3.22. The maximum Gasteiger partial charge on any atom is 0.341 e. The second kappa shape index (κ2) is 9.75. The molecule has 6 nitrogen and oxygen atoms in total. The van der Waals surface area contributed by atoms with E-state index < -0.39 is 12.8 Å². The van der Waals surface area contributed by atoms with Gasteiger partial charge in [0.2, 0.25) is 12.7 Å². The molecule has 0 amide bonds. The minimum Gasteiger partial charge on any atom is -0.472 e. The molecule has 0 saturated heterocycles. The van der Waals surface area contributed by atoms with Crippen LogP contribution in [0.15, 0.2) is 67.1 Å². The first-order valence-corrected chi connectivity index (χ1v) is 8.99. The summed E-state index contributed by atoms with van der Waals surface area (Å²) in [5, 5.41) is 5.01. The van der Waals surface area contributed by atoms with E-state index in [1.807, 2.05) is 12.1 Å². The van der Waals surface area contributed by atoms with Gasteiger partial charge in [-0.2, -0.15) is 0 Å². The Morgan fingerprint density at radius 1 is 1.17 bits per heavy atom. The molecule has 3 rings (SSSR count). The van der Waals surface area contributed by atoms with E-state index in [4.69, 9.17) is 21.1 Å². The van der Waals surface area contributed by atoms with Crippen molar-refractivity contribution in [3.63, 3.8) is 0 Å². The summed E-state index contributed by atoms with van der Waals surface area (Å²) in [5.74, 6) is -0.240. The molecule has 3 aromatic rings. The normalized spacial score (nSPS) is 11.2. The Balaban J connectivity index is 1.78. The maximum absolute atomic E-state index is 12.4. The lowest BCUT2D eigenvalue weighted by atomic mass is 10.0. The van der Waals surface area contributed by atoms with Crippen LogP contribution in [0.4, 0.5) is 4.39 Å². The van der Waals surface area contributed by atoms with Crippen LogP contribution in [-0.4, -0.2) is 29.7 Å². The van der Waals surface area contributed by atoms with Gasteiger partial charge >= 0.3 is 5.97 Å². The van der Waals surface area contributed by atoms with E-state index in [1.165, 1.54) is 7.11 Å². The Morgan fingerprint density at radius 2 is 1.93 bits per heavy atom. The van der Waals surface area contributed by atoms with Crippen LogP contribution in [0.1, 0.15) is 11.1 Å². The highest BCUT2D eigenvalue weighted by Crippen LogP contribution is 2.23. The second-order valence-corrected chi connectivity index (χ2v) is 6.26. The Hall–Kier alpha value is -3.32. The van der Waals surface area contributed by atoms with Crippen LogP contribution >= 0.6 is 11.6 Å². The van der Waals surface area contributed by atoms with Crippen molar-refractivity contribution in [3.8, 4) is 11.6 Å². The number of carbonyl (C=O) groups excluding carboxylic acids is 1. The fourth-order valence-electron chi connectivity index (χ4n) is 2.63. The lowest BCUT2D eigenvalue weighted by Gasteiger charge is -2.12. The van der Waals surface area contributed by atoms with E-state index in [1.54, 1.807) is 53.3 Å². The zero-order valence-electron chi connectivity index (χ0n) is 15.5. The smallest absolute Gasteiger partial charge is 0.341 e. The van der Waals surface area contributed by atoms with Crippen LogP contribution < -0.4 is 4.74 Å². The van der Waals surface area contributed by atoms with Gasteiger partial charge in [-0.3, -0.25) is 0 Å². The molecule has 2 aromatic carbocycles. The summed E-state index contributed by atoms with van der Waals surface area (Å²) in [7, 11) is 1.24. The molecule has 0 radical (unpaired) electrons. The number of hydrogen-bond donors (Lipinski definition) is 0. The van der Waals surface area contributed by atoms with Gasteiger partial charge in [-0.1, -0.05) is 35.9 Å². The molecule has 0 bridgehead atoms. The van der Waals surface area contributed by atoms with Gasteiger partial charge in [0, 0.05) is 17.3 Å². The standard InChI is InChI=1S/C21H18ClFN2O4/c1-27-21(26)19(13-28-14-23)18-5-3-2-4-15(18)12-29-20-10-11-25(24-20)17-8-6-16(22)7-9-17/h2-11,13H,12,14H2,1H3/b19-13+. The summed E-state index contributed by atoms with van der Waals surface area (Å²) in [6, 6.07) is 16.0. The Kier molecular flexibility index (Phi) is 6.86. The maximum atomic E-state index is 12.4. The van der Waals surface area contributed by atoms with Gasteiger partial charge in [-0.15, -0.1) is 5.10 Å². The molecule has 0 aliphatic heterocycles. The molecule has 8 heteroatoms. The number of ether oxygens (including phenoxy) is 3. The molecule has 0 saturated carbocycles. The summed E-state index contributed by atoms with van der Waals surface area (Å²) < 4.78 is 29.3. The summed E-state index contributed by atoms with van der Waals surface area (Å²) in [5.41, 5.74) is 2.14. The molecule has 1 heterocycles. The predicted octanol–water partition coefficient (Wildman–Crippen LogP) is 4.56. The van der Waals surface area contributed by atoms with Crippen LogP contribution in [0.2, 0.25) is 5.02 Å². The van der Waals surface area contributed by atoms with E-state index in [9.17, 15) is 9.18 Å². The van der Waals surface area contributed by atoms with Gasteiger partial charge < -0.3 is 14.2 Å². The van der Waals surface area contributed by atoms with Gasteiger partial charge in [-0.25, -0.2) is 13.9 Å². The number of alkyl halides is 1. The zero-order valence-corrected chi connectivity index (χ0v) is 16.3. The molecule has 0 unspecified atom stereocenters. The number of nitrogens with zero attached hydrogens (tertiary/aromatic N) is 2. The number of carbonyl (C=O) groups is 1. The number of aromatic nitrogens is 2. The molecule has 1 aromatic heterocycles. The van der Waals surface area contributed by atoms with Gasteiger partial charge in [0.15, 0.2) is 0 Å². The number of benzene rings is 2. The molecule has 0 N–H and O–H groups in total. The average molecular weight is 417 g/mol. The Bertz CT molecular complexity index is 1000. The topological polar surface area (TPSA) is 62.6 Å². The van der Waals surface area contributed by atoms with Crippen LogP contribution in [0.25, 0.3) is 11.3 Å². The van der Waals surface area contributed by atoms with Crippen LogP contribution in [0.3, 0.4) is 0 Å². The first kappa shape index (κ1) is 20.4. The van der Waals surface area contributed by atoms with E-state index in [-0.39, 0.29) is 12.2 Å². The third kappa shape index (κ3) is 5.14. The monoisotopic (exact) mass is 416 g/mol. The largest absolute Gasteiger partial charge is 0.472 e. The summed E-state index contributed by atoms with van der Waals surface area (Å²) >= 11 is 5.91. The zero-order chi connectivity index (χ0) is 20.6. The Morgan fingerprint density at radius 3 is 2.66 bits per heavy atom. The minimum atomic E-state index is -1.05. The van der Waals surface area contributed by atoms with E-state index in [2.05, 4.69) is 9.84 Å². The van der Waals surface area contributed by atoms with Crippen LogP contribution in [0, 0.1) is 0 Å². The fraction of sp³-hybridized carbons (Fsp3) is 0.143. The highest BCUT2D eigenvalue weighted by Gasteiger charge is 2.17. The van der Waals surface area contributed by atoms with Gasteiger partial charge in [0.25, 0.3) is 0 Å². The van der Waals surface area contributed by atoms with E-state index in [0.717, 1.165) is 11.9 Å². The quantitative estimate of drug-likeness (QED) is 0.306. The Labute approximate surface area is 172 Å². The highest BCUT2D eigenvalue weighted by atomic mass is 35.5. The third-order valence-corrected chi connectivity index (χ3v) is 4.26. The number of esters is 1. The molecule has 0 aliphatic rings. The predicted molar refractivity (Wildman–Crippen MR) is 106 cm³/mol. The molecule has 0 fully saturated rings. The lowest BCUT2D eigenvalue weighted by molar-refractivity contribution is -0.133. The van der Waals surface area contributed by atoms with E-state index >= 15 is 0 Å². The third-order valence-electron chi connectivity index (χ3n) is 4.01. The minimum absolute atomic E-state index is 0.0936. The van der Waals surface area contributed by atoms with Crippen molar-refractivity contribution < 1.29 is 23.4 Å². The summed E-state index contributed by atoms with van der Waals surface area (Å²) in [6.07, 6.45) is 2.80. The van der Waals surface area contributed by atoms with Gasteiger partial charge in [0.05, 0.1) is 12.8 Å². The molecule has 0 aliphatic carbocycles. The van der Waals surface area contributed by atoms with Crippen molar-refractivity contribution >= 4 is 23.1 Å². The van der Waals surface area contributed by atoms with Crippen molar-refractivity contribution in [2.75, 3.05) is 14.0 Å². The molecule has 0 atom stereocenters.